The number of rotatable bonds is 8. The molecule has 0 saturated heterocycles. The van der Waals surface area contributed by atoms with Gasteiger partial charge in [0, 0.05) is 11.5 Å². The van der Waals surface area contributed by atoms with Crippen LogP contribution in [0.3, 0.4) is 0 Å². The monoisotopic (exact) mass is 452 g/mol. The molecule has 0 bridgehead atoms. The van der Waals surface area contributed by atoms with Crippen LogP contribution in [0, 0.1) is 0 Å². The van der Waals surface area contributed by atoms with E-state index < -0.39 is 11.2 Å². The molecule has 6 nitrogen and oxygen atoms in total. The van der Waals surface area contributed by atoms with Crippen molar-refractivity contribution in [3.63, 3.8) is 0 Å². The molecule has 0 unspecified atom stereocenters. The largest absolute Gasteiger partial charge is 0.487 e. The van der Waals surface area contributed by atoms with Crippen LogP contribution in [-0.4, -0.2) is 45.6 Å². The minimum absolute atomic E-state index is 0.287. The molecule has 0 aliphatic heterocycles. The Labute approximate surface area is 191 Å². The predicted octanol–water partition coefficient (Wildman–Crippen LogP) is 6.23. The summed E-state index contributed by atoms with van der Waals surface area (Å²) in [5.41, 5.74) is -0.897. The van der Waals surface area contributed by atoms with E-state index in [2.05, 4.69) is 9.97 Å². The molecule has 0 aliphatic carbocycles. The van der Waals surface area contributed by atoms with Crippen LogP contribution in [0.1, 0.15) is 69.2 Å². The van der Waals surface area contributed by atoms with Crippen molar-refractivity contribution in [2.75, 3.05) is 13.2 Å². The lowest BCUT2D eigenvalue weighted by Crippen LogP contribution is -2.40. The minimum Gasteiger partial charge on any atom is -0.487 e. The van der Waals surface area contributed by atoms with Crippen molar-refractivity contribution in [1.82, 2.24) is 9.97 Å². The van der Waals surface area contributed by atoms with Crippen LogP contribution >= 0.6 is 11.6 Å². The number of fused-ring (bicyclic) bond motifs is 1. The third-order valence-electron chi connectivity index (χ3n) is 3.97. The molecule has 0 spiro atoms. The second-order valence-electron chi connectivity index (χ2n) is 11.0. The zero-order valence-electron chi connectivity index (χ0n) is 20.6. The number of ether oxygens (including phenoxy) is 4. The fraction of sp³-hybridized carbons (Fsp3) is 0.667. The number of aromatic nitrogens is 2. The van der Waals surface area contributed by atoms with Crippen LogP contribution in [0.4, 0.5) is 0 Å². The molecule has 31 heavy (non-hydrogen) atoms. The summed E-state index contributed by atoms with van der Waals surface area (Å²) in [6.45, 7) is 20.8. The van der Waals surface area contributed by atoms with Crippen LogP contribution in [0.15, 0.2) is 18.5 Å². The third-order valence-corrected chi connectivity index (χ3v) is 4.27. The highest BCUT2D eigenvalue weighted by Crippen LogP contribution is 2.36. The molecule has 0 amide bonds. The fourth-order valence-corrected chi connectivity index (χ4v) is 3.67. The average Bonchev–Trinajstić information content (AvgIpc) is 2.54. The van der Waals surface area contributed by atoms with E-state index in [1.807, 2.05) is 81.4 Å². The molecular weight excluding hydrogens is 416 g/mol. The second kappa shape index (κ2) is 9.08. The summed E-state index contributed by atoms with van der Waals surface area (Å²) in [6.07, 6.45) is 1.43. The van der Waals surface area contributed by atoms with Crippen molar-refractivity contribution < 1.29 is 18.9 Å². The van der Waals surface area contributed by atoms with Gasteiger partial charge in [-0.25, -0.2) is 9.97 Å². The first-order valence-electron chi connectivity index (χ1n) is 10.6. The van der Waals surface area contributed by atoms with E-state index in [0.717, 1.165) is 0 Å². The first-order valence-corrected chi connectivity index (χ1v) is 10.9. The van der Waals surface area contributed by atoms with E-state index in [-0.39, 0.29) is 11.2 Å². The Morgan fingerprint density at radius 2 is 1.16 bits per heavy atom. The van der Waals surface area contributed by atoms with Crippen molar-refractivity contribution in [3.05, 3.63) is 23.6 Å². The van der Waals surface area contributed by atoms with Crippen molar-refractivity contribution >= 4 is 22.5 Å². The summed E-state index contributed by atoms with van der Waals surface area (Å²) in [7, 11) is 0. The van der Waals surface area contributed by atoms with Crippen LogP contribution in [0.25, 0.3) is 10.9 Å². The lowest BCUT2D eigenvalue weighted by atomic mass is 10.1. The second-order valence-corrected chi connectivity index (χ2v) is 11.4. The molecule has 1 aromatic carbocycles. The summed E-state index contributed by atoms with van der Waals surface area (Å²) in [4.78, 5) is 8.39. The maximum Gasteiger partial charge on any atom is 0.163 e. The molecule has 0 saturated carbocycles. The van der Waals surface area contributed by atoms with Crippen molar-refractivity contribution in [2.24, 2.45) is 0 Å². The number of hydrogen-bond donors (Lipinski definition) is 0. The van der Waals surface area contributed by atoms with E-state index in [9.17, 15) is 0 Å². The smallest absolute Gasteiger partial charge is 0.163 e. The average molecular weight is 453 g/mol. The van der Waals surface area contributed by atoms with Crippen molar-refractivity contribution in [3.8, 4) is 11.5 Å². The minimum atomic E-state index is -0.504. The summed E-state index contributed by atoms with van der Waals surface area (Å²) < 4.78 is 24.6. The standard InChI is InChI=1S/C24H37ClN2O4/c1-21(2,3)30-23(7,8)13-28-18-11-16-17(26-15-27-20(16)25)12-19(18)29-14-24(9,10)31-22(4,5)6/h11-12,15H,13-14H2,1-10H3. The van der Waals surface area contributed by atoms with Gasteiger partial charge in [-0.1, -0.05) is 11.6 Å². The highest BCUT2D eigenvalue weighted by Gasteiger charge is 2.29. The van der Waals surface area contributed by atoms with Gasteiger partial charge in [-0.05, 0) is 75.3 Å². The van der Waals surface area contributed by atoms with Gasteiger partial charge in [-0.3, -0.25) is 0 Å². The zero-order valence-corrected chi connectivity index (χ0v) is 21.3. The number of nitrogens with zero attached hydrogens (tertiary/aromatic N) is 2. The quantitative estimate of drug-likeness (QED) is 0.442. The highest BCUT2D eigenvalue weighted by atomic mass is 35.5. The van der Waals surface area contributed by atoms with E-state index in [0.29, 0.717) is 40.8 Å². The SMILES string of the molecule is CC(C)(C)OC(C)(C)COc1cc2ncnc(Cl)c2cc1OCC(C)(C)OC(C)(C)C. The fourth-order valence-electron chi connectivity index (χ4n) is 3.48. The highest BCUT2D eigenvalue weighted by molar-refractivity contribution is 6.34. The Hall–Kier alpha value is -1.63. The Morgan fingerprint density at radius 1 is 0.710 bits per heavy atom. The first-order chi connectivity index (χ1) is 14.0. The van der Waals surface area contributed by atoms with Gasteiger partial charge in [-0.2, -0.15) is 0 Å². The lowest BCUT2D eigenvalue weighted by molar-refractivity contribution is -0.131. The molecule has 0 atom stereocenters. The number of hydrogen-bond acceptors (Lipinski definition) is 6. The summed E-state index contributed by atoms with van der Waals surface area (Å²) in [5.74, 6) is 1.13. The molecule has 2 rings (SSSR count). The van der Waals surface area contributed by atoms with Crippen LogP contribution in [0.2, 0.25) is 5.15 Å². The lowest BCUT2D eigenvalue weighted by Gasteiger charge is -2.34. The Kier molecular flexibility index (Phi) is 7.51. The maximum atomic E-state index is 6.29. The van der Waals surface area contributed by atoms with E-state index in [1.54, 1.807) is 0 Å². The molecule has 7 heteroatoms. The molecule has 2 aromatic rings. The van der Waals surface area contributed by atoms with Gasteiger partial charge in [0.25, 0.3) is 0 Å². The Morgan fingerprint density at radius 3 is 1.61 bits per heavy atom. The zero-order chi connectivity index (χ0) is 23.7. The van der Waals surface area contributed by atoms with E-state index in [1.165, 1.54) is 6.33 Å². The van der Waals surface area contributed by atoms with Crippen LogP contribution in [-0.2, 0) is 9.47 Å². The molecule has 0 aliphatic rings. The molecule has 0 radical (unpaired) electrons. The van der Waals surface area contributed by atoms with Gasteiger partial charge in [0.15, 0.2) is 11.5 Å². The number of halogens is 1. The van der Waals surface area contributed by atoms with Gasteiger partial charge in [0.2, 0.25) is 0 Å². The molecular formula is C24H37ClN2O4. The first kappa shape index (κ1) is 25.6. The van der Waals surface area contributed by atoms with Gasteiger partial charge in [0.1, 0.15) is 24.7 Å². The Balaban J connectivity index is 2.31. The Bertz CT molecular complexity index is 899. The molecule has 1 aromatic heterocycles. The summed E-state index contributed by atoms with van der Waals surface area (Å²) in [5, 5.41) is 1.06. The molecule has 0 N–H and O–H groups in total. The normalized spacial score (nSPS) is 13.5. The van der Waals surface area contributed by atoms with Crippen LogP contribution in [0.5, 0.6) is 11.5 Å². The summed E-state index contributed by atoms with van der Waals surface area (Å²) in [6, 6.07) is 3.64. The van der Waals surface area contributed by atoms with Crippen LogP contribution < -0.4 is 9.47 Å². The molecule has 174 valence electrons. The summed E-state index contributed by atoms with van der Waals surface area (Å²) >= 11 is 6.29. The van der Waals surface area contributed by atoms with Crippen molar-refractivity contribution in [2.45, 2.75) is 91.6 Å². The predicted molar refractivity (Wildman–Crippen MR) is 125 cm³/mol. The van der Waals surface area contributed by atoms with Crippen molar-refractivity contribution in [1.29, 1.82) is 0 Å². The maximum absolute atomic E-state index is 6.29. The number of benzene rings is 1. The molecule has 0 fully saturated rings. The van der Waals surface area contributed by atoms with E-state index in [4.69, 9.17) is 30.5 Å². The van der Waals surface area contributed by atoms with Gasteiger partial charge in [-0.15, -0.1) is 0 Å². The topological polar surface area (TPSA) is 62.7 Å². The van der Waals surface area contributed by atoms with Gasteiger partial charge in [0.05, 0.1) is 27.9 Å². The van der Waals surface area contributed by atoms with Gasteiger partial charge < -0.3 is 18.9 Å². The third kappa shape index (κ3) is 8.43. The molecule has 1 heterocycles. The van der Waals surface area contributed by atoms with E-state index >= 15 is 0 Å². The van der Waals surface area contributed by atoms with Gasteiger partial charge >= 0.3 is 0 Å².